The molecule has 0 bridgehead atoms. The van der Waals surface area contributed by atoms with Crippen LogP contribution in [0.1, 0.15) is 60.8 Å². The Kier molecular flexibility index (Phi) is 6.80. The van der Waals surface area contributed by atoms with Crippen molar-refractivity contribution in [1.29, 1.82) is 0 Å². The zero-order valence-corrected chi connectivity index (χ0v) is 15.0. The minimum Gasteiger partial charge on any atom is -0.298 e. The van der Waals surface area contributed by atoms with Crippen LogP contribution in [0.4, 0.5) is 0 Å². The molecule has 0 aromatic heterocycles. The van der Waals surface area contributed by atoms with Gasteiger partial charge in [-0.05, 0) is 69.1 Å². The molecule has 1 aliphatic rings. The molecule has 0 N–H and O–H groups in total. The summed E-state index contributed by atoms with van der Waals surface area (Å²) >= 11 is 0. The zero-order chi connectivity index (χ0) is 16.8. The summed E-state index contributed by atoms with van der Waals surface area (Å²) in [6.45, 7) is 12.8. The van der Waals surface area contributed by atoms with E-state index in [4.69, 9.17) is 0 Å². The van der Waals surface area contributed by atoms with Crippen molar-refractivity contribution in [3.8, 4) is 0 Å². The average molecular weight is 298 g/mol. The molecule has 1 aliphatic carbocycles. The van der Waals surface area contributed by atoms with Gasteiger partial charge in [-0.25, -0.2) is 0 Å². The van der Waals surface area contributed by atoms with Gasteiger partial charge in [0.05, 0.1) is 0 Å². The molecule has 0 unspecified atom stereocenters. The number of carbonyl (C=O) groups is 1. The minimum atomic E-state index is 0.287. The number of rotatable bonds is 5. The standard InChI is InChI=1S/C21H30O/c1-16(9-7-10-17(2)19(4)15-22)12-13-20-18(3)11-8-14-21(20,5)6/h7,9-10,12-13,15H,8,11,14H2,1-6H3. The van der Waals surface area contributed by atoms with Crippen molar-refractivity contribution in [2.75, 3.05) is 0 Å². The van der Waals surface area contributed by atoms with Crippen molar-refractivity contribution in [2.24, 2.45) is 5.41 Å². The lowest BCUT2D eigenvalue weighted by atomic mass is 9.72. The van der Waals surface area contributed by atoms with E-state index in [9.17, 15) is 4.79 Å². The van der Waals surface area contributed by atoms with E-state index in [0.717, 1.165) is 17.4 Å². The molecule has 1 nitrogen and oxygen atoms in total. The van der Waals surface area contributed by atoms with Gasteiger partial charge in [0.1, 0.15) is 6.29 Å². The van der Waals surface area contributed by atoms with Crippen LogP contribution >= 0.6 is 0 Å². The molecule has 0 atom stereocenters. The van der Waals surface area contributed by atoms with E-state index in [1.165, 1.54) is 36.0 Å². The van der Waals surface area contributed by atoms with Gasteiger partial charge in [0.15, 0.2) is 0 Å². The first-order valence-corrected chi connectivity index (χ1v) is 8.14. The number of allylic oxidation sites excluding steroid dienone is 10. The van der Waals surface area contributed by atoms with Crippen LogP contribution in [0.2, 0.25) is 0 Å². The third kappa shape index (κ3) is 5.29. The lowest BCUT2D eigenvalue weighted by molar-refractivity contribution is -0.104. The SMILES string of the molecule is CC(C=CC1=C(C)CCCC1(C)C)=CC=CC(C)=C(C)C=O. The molecule has 0 heterocycles. The highest BCUT2D eigenvalue weighted by atomic mass is 16.1. The zero-order valence-electron chi connectivity index (χ0n) is 15.0. The minimum absolute atomic E-state index is 0.287. The molecule has 0 aromatic rings. The van der Waals surface area contributed by atoms with Crippen molar-refractivity contribution >= 4 is 6.29 Å². The largest absolute Gasteiger partial charge is 0.298 e. The number of aldehydes is 1. The second-order valence-electron chi connectivity index (χ2n) is 7.02. The fourth-order valence-corrected chi connectivity index (χ4v) is 2.85. The summed E-state index contributed by atoms with van der Waals surface area (Å²) in [5, 5.41) is 0. The molecule has 1 rings (SSSR count). The second-order valence-corrected chi connectivity index (χ2v) is 7.02. The topological polar surface area (TPSA) is 17.1 Å². The molecule has 0 aromatic carbocycles. The molecule has 0 saturated carbocycles. The van der Waals surface area contributed by atoms with E-state index in [0.29, 0.717) is 0 Å². The Morgan fingerprint density at radius 3 is 2.36 bits per heavy atom. The van der Waals surface area contributed by atoms with Crippen LogP contribution in [-0.2, 0) is 4.79 Å². The van der Waals surface area contributed by atoms with Gasteiger partial charge in [-0.15, -0.1) is 0 Å². The smallest absolute Gasteiger partial charge is 0.146 e. The van der Waals surface area contributed by atoms with Crippen LogP contribution in [-0.4, -0.2) is 6.29 Å². The molecule has 0 amide bonds. The third-order valence-corrected chi connectivity index (χ3v) is 4.56. The molecule has 0 aliphatic heterocycles. The van der Waals surface area contributed by atoms with Crippen LogP contribution in [0, 0.1) is 5.41 Å². The van der Waals surface area contributed by atoms with E-state index >= 15 is 0 Å². The van der Waals surface area contributed by atoms with Crippen molar-refractivity contribution in [1.82, 2.24) is 0 Å². The van der Waals surface area contributed by atoms with Crippen LogP contribution in [0.3, 0.4) is 0 Å². The summed E-state index contributed by atoms with van der Waals surface area (Å²) < 4.78 is 0. The van der Waals surface area contributed by atoms with E-state index in [1.54, 1.807) is 0 Å². The van der Waals surface area contributed by atoms with Crippen molar-refractivity contribution < 1.29 is 4.79 Å². The van der Waals surface area contributed by atoms with Crippen LogP contribution < -0.4 is 0 Å². The maximum absolute atomic E-state index is 10.7. The maximum atomic E-state index is 10.7. The highest BCUT2D eigenvalue weighted by molar-refractivity contribution is 5.74. The molecular formula is C21H30O. The molecule has 0 radical (unpaired) electrons. The van der Waals surface area contributed by atoms with Crippen LogP contribution in [0.25, 0.3) is 0 Å². The summed E-state index contributed by atoms with van der Waals surface area (Å²) in [6, 6.07) is 0. The first kappa shape index (κ1) is 18.4. The fourth-order valence-electron chi connectivity index (χ4n) is 2.85. The molecule has 0 spiro atoms. The molecule has 0 saturated heterocycles. The second kappa shape index (κ2) is 8.12. The van der Waals surface area contributed by atoms with Gasteiger partial charge in [-0.1, -0.05) is 55.4 Å². The predicted octanol–water partition coefficient (Wildman–Crippen LogP) is 6.11. The normalized spacial score (nSPS) is 20.7. The Labute approximate surface area is 136 Å². The van der Waals surface area contributed by atoms with Gasteiger partial charge in [0.2, 0.25) is 0 Å². The molecule has 1 heteroatoms. The molecular weight excluding hydrogens is 268 g/mol. The van der Waals surface area contributed by atoms with Gasteiger partial charge in [0, 0.05) is 0 Å². The fraction of sp³-hybridized carbons (Fsp3) is 0.476. The van der Waals surface area contributed by atoms with Gasteiger partial charge >= 0.3 is 0 Å². The number of carbonyl (C=O) groups excluding carboxylic acids is 1. The molecule has 0 fully saturated rings. The quantitative estimate of drug-likeness (QED) is 0.340. The lowest BCUT2D eigenvalue weighted by Crippen LogP contribution is -2.19. The van der Waals surface area contributed by atoms with Crippen LogP contribution in [0.5, 0.6) is 0 Å². The van der Waals surface area contributed by atoms with Crippen molar-refractivity contribution in [3.63, 3.8) is 0 Å². The first-order valence-electron chi connectivity index (χ1n) is 8.14. The van der Waals surface area contributed by atoms with E-state index in [-0.39, 0.29) is 5.41 Å². The highest BCUT2D eigenvalue weighted by Gasteiger charge is 2.26. The van der Waals surface area contributed by atoms with Crippen LogP contribution in [0.15, 0.2) is 58.2 Å². The predicted molar refractivity (Wildman–Crippen MR) is 96.8 cm³/mol. The Morgan fingerprint density at radius 2 is 1.77 bits per heavy atom. The first-order chi connectivity index (χ1) is 10.3. The lowest BCUT2D eigenvalue weighted by Gasteiger charge is -2.32. The monoisotopic (exact) mass is 298 g/mol. The maximum Gasteiger partial charge on any atom is 0.146 e. The Balaban J connectivity index is 2.84. The average Bonchev–Trinajstić information content (AvgIpc) is 2.45. The Bertz CT molecular complexity index is 563. The van der Waals surface area contributed by atoms with E-state index in [2.05, 4.69) is 45.9 Å². The van der Waals surface area contributed by atoms with Gasteiger partial charge in [-0.3, -0.25) is 4.79 Å². The van der Waals surface area contributed by atoms with E-state index in [1.807, 2.05) is 26.0 Å². The van der Waals surface area contributed by atoms with Gasteiger partial charge in [0.25, 0.3) is 0 Å². The van der Waals surface area contributed by atoms with Crippen molar-refractivity contribution in [2.45, 2.75) is 60.8 Å². The summed E-state index contributed by atoms with van der Waals surface area (Å²) in [4.78, 5) is 10.7. The molecule has 120 valence electrons. The highest BCUT2D eigenvalue weighted by Crippen LogP contribution is 2.40. The summed E-state index contributed by atoms with van der Waals surface area (Å²) in [5.74, 6) is 0. The Hall–Kier alpha value is -1.63. The van der Waals surface area contributed by atoms with E-state index < -0.39 is 0 Å². The van der Waals surface area contributed by atoms with Crippen molar-refractivity contribution in [3.05, 3.63) is 58.2 Å². The molecule has 22 heavy (non-hydrogen) atoms. The summed E-state index contributed by atoms with van der Waals surface area (Å²) in [5.41, 5.74) is 6.31. The van der Waals surface area contributed by atoms with Gasteiger partial charge < -0.3 is 0 Å². The third-order valence-electron chi connectivity index (χ3n) is 4.56. The summed E-state index contributed by atoms with van der Waals surface area (Å²) in [7, 11) is 0. The summed E-state index contributed by atoms with van der Waals surface area (Å²) in [6.07, 6.45) is 15.2. The van der Waals surface area contributed by atoms with Gasteiger partial charge in [-0.2, -0.15) is 0 Å². The number of hydrogen-bond acceptors (Lipinski definition) is 1. The number of hydrogen-bond donors (Lipinski definition) is 0. The Morgan fingerprint density at radius 1 is 1.09 bits per heavy atom.